The minimum absolute atomic E-state index is 0. The van der Waals surface area contributed by atoms with Crippen LogP contribution in [-0.2, 0) is 16.0 Å². The highest BCUT2D eigenvalue weighted by molar-refractivity contribution is 5.95. The number of aliphatic hydroxyl groups is 1. The Morgan fingerprint density at radius 3 is 2.43 bits per heavy atom. The van der Waals surface area contributed by atoms with Crippen LogP contribution >= 0.6 is 12.4 Å². The smallest absolute Gasteiger partial charge is 0.310 e. The van der Waals surface area contributed by atoms with E-state index in [4.69, 9.17) is 10.5 Å². The summed E-state index contributed by atoms with van der Waals surface area (Å²) in [5, 5.41) is 23.3. The summed E-state index contributed by atoms with van der Waals surface area (Å²) in [4.78, 5) is 23.8. The van der Waals surface area contributed by atoms with Crippen molar-refractivity contribution in [3.63, 3.8) is 0 Å². The van der Waals surface area contributed by atoms with Crippen LogP contribution in [0.15, 0.2) is 48.5 Å². The number of hydrogen-bond donors (Lipinski definition) is 4. The molecule has 30 heavy (non-hydrogen) atoms. The molecule has 1 amide bonds. The van der Waals surface area contributed by atoms with E-state index in [1.54, 1.807) is 6.92 Å². The molecule has 164 valence electrons. The lowest BCUT2D eigenvalue weighted by Gasteiger charge is -2.25. The molecule has 0 spiro atoms. The Balaban J connectivity index is 0.00000450. The van der Waals surface area contributed by atoms with E-state index in [2.05, 4.69) is 5.32 Å². The van der Waals surface area contributed by atoms with Crippen LogP contribution in [0.2, 0.25) is 0 Å². The molecule has 0 fully saturated rings. The van der Waals surface area contributed by atoms with Crippen LogP contribution in [0.4, 0.5) is 0 Å². The number of nitrogens with two attached hydrogens (primary N) is 1. The second kappa shape index (κ2) is 12.2. The Hall–Kier alpha value is -2.61. The highest BCUT2D eigenvalue weighted by Gasteiger charge is 2.27. The maximum atomic E-state index is 12.5. The van der Waals surface area contributed by atoms with Crippen LogP contribution < -0.4 is 11.1 Å². The Kier molecular flexibility index (Phi) is 10.3. The van der Waals surface area contributed by atoms with Gasteiger partial charge >= 0.3 is 5.97 Å². The monoisotopic (exact) mass is 436 g/mol. The fourth-order valence-electron chi connectivity index (χ4n) is 3.10. The number of nitrogens with one attached hydrogen (secondary N) is 1. The van der Waals surface area contributed by atoms with Crippen LogP contribution in [0.3, 0.4) is 0 Å². The molecule has 0 saturated carbocycles. The number of phenols is 1. The van der Waals surface area contributed by atoms with Gasteiger partial charge in [0.05, 0.1) is 24.2 Å². The summed E-state index contributed by atoms with van der Waals surface area (Å²) in [5.41, 5.74) is 6.64. The largest absolute Gasteiger partial charge is 0.507 e. The zero-order valence-electron chi connectivity index (χ0n) is 17.1. The highest BCUT2D eigenvalue weighted by atomic mass is 35.5. The lowest BCUT2D eigenvalue weighted by atomic mass is 9.92. The number of carbonyl (C=O) groups is 2. The zero-order chi connectivity index (χ0) is 21.4. The van der Waals surface area contributed by atoms with Crippen molar-refractivity contribution in [2.45, 2.75) is 32.4 Å². The number of ether oxygens (including phenoxy) is 1. The number of primary amides is 1. The van der Waals surface area contributed by atoms with Gasteiger partial charge < -0.3 is 26.0 Å². The van der Waals surface area contributed by atoms with E-state index < -0.39 is 17.9 Å². The number of amides is 1. The van der Waals surface area contributed by atoms with Crippen LogP contribution in [0, 0.1) is 5.92 Å². The lowest BCUT2D eigenvalue weighted by Crippen LogP contribution is -2.41. The van der Waals surface area contributed by atoms with Crippen molar-refractivity contribution in [3.8, 4) is 5.75 Å². The van der Waals surface area contributed by atoms with Crippen molar-refractivity contribution in [2.75, 3.05) is 13.2 Å². The number of halogens is 1. The molecule has 2 aromatic carbocycles. The quantitative estimate of drug-likeness (QED) is 0.424. The topological polar surface area (TPSA) is 122 Å². The van der Waals surface area contributed by atoms with E-state index in [0.717, 1.165) is 5.56 Å². The predicted octanol–water partition coefficient (Wildman–Crippen LogP) is 2.35. The van der Waals surface area contributed by atoms with Crippen molar-refractivity contribution < 1.29 is 24.5 Å². The summed E-state index contributed by atoms with van der Waals surface area (Å²) in [5.74, 6) is -1.74. The van der Waals surface area contributed by atoms with Crippen molar-refractivity contribution in [1.29, 1.82) is 0 Å². The molecule has 0 aliphatic carbocycles. The van der Waals surface area contributed by atoms with Gasteiger partial charge in [-0.05, 0) is 43.5 Å². The summed E-state index contributed by atoms with van der Waals surface area (Å²) < 4.78 is 5.22. The molecular formula is C22H29ClN2O5. The molecule has 0 radical (unpaired) electrons. The molecule has 3 atom stereocenters. The molecule has 0 saturated heterocycles. The minimum atomic E-state index is -0.948. The normalized spacial score (nSPS) is 13.6. The molecule has 2 rings (SSSR count). The van der Waals surface area contributed by atoms with E-state index in [-0.39, 0.29) is 42.3 Å². The number of aromatic hydroxyl groups is 1. The summed E-state index contributed by atoms with van der Waals surface area (Å²) in [6, 6.07) is 13.6. The Morgan fingerprint density at radius 2 is 1.83 bits per heavy atom. The third-order valence-electron chi connectivity index (χ3n) is 4.80. The third kappa shape index (κ3) is 7.02. The fourth-order valence-corrected chi connectivity index (χ4v) is 3.10. The zero-order valence-corrected chi connectivity index (χ0v) is 17.9. The van der Waals surface area contributed by atoms with Crippen LogP contribution in [0.5, 0.6) is 5.75 Å². The molecule has 0 heterocycles. The number of rotatable bonds is 10. The molecule has 0 aliphatic heterocycles. The van der Waals surface area contributed by atoms with E-state index in [1.807, 2.05) is 37.3 Å². The summed E-state index contributed by atoms with van der Waals surface area (Å²) in [6.07, 6.45) is -0.440. The molecule has 0 aromatic heterocycles. The Labute approximate surface area is 182 Å². The summed E-state index contributed by atoms with van der Waals surface area (Å²) in [6.45, 7) is 4.07. The van der Waals surface area contributed by atoms with Crippen molar-refractivity contribution in [3.05, 3.63) is 65.2 Å². The van der Waals surface area contributed by atoms with Crippen LogP contribution in [-0.4, -0.2) is 41.3 Å². The van der Waals surface area contributed by atoms with Gasteiger partial charge in [0.15, 0.2) is 0 Å². The molecule has 8 heteroatoms. The second-order valence-electron chi connectivity index (χ2n) is 6.90. The number of carbonyl (C=O) groups excluding carboxylic acids is 2. The van der Waals surface area contributed by atoms with Gasteiger partial charge in [-0.25, -0.2) is 0 Å². The summed E-state index contributed by atoms with van der Waals surface area (Å²) in [7, 11) is 0. The second-order valence-corrected chi connectivity index (χ2v) is 6.90. The van der Waals surface area contributed by atoms with Gasteiger partial charge in [-0.1, -0.05) is 36.4 Å². The average molecular weight is 437 g/mol. The molecule has 0 aliphatic rings. The van der Waals surface area contributed by atoms with E-state index in [0.29, 0.717) is 18.6 Å². The van der Waals surface area contributed by atoms with Crippen molar-refractivity contribution in [2.24, 2.45) is 11.7 Å². The van der Waals surface area contributed by atoms with Gasteiger partial charge in [-0.3, -0.25) is 9.59 Å². The Morgan fingerprint density at radius 1 is 1.17 bits per heavy atom. The van der Waals surface area contributed by atoms with Gasteiger partial charge in [-0.2, -0.15) is 0 Å². The fraction of sp³-hybridized carbons (Fsp3) is 0.364. The van der Waals surface area contributed by atoms with Gasteiger partial charge in [-0.15, -0.1) is 12.4 Å². The van der Waals surface area contributed by atoms with Crippen LogP contribution in [0.25, 0.3) is 0 Å². The maximum Gasteiger partial charge on any atom is 0.310 e. The first-order chi connectivity index (χ1) is 13.8. The number of hydrogen-bond acceptors (Lipinski definition) is 6. The molecule has 5 N–H and O–H groups in total. The standard InChI is InChI=1S/C22H28N2O5.ClH/c1-3-29-22(28)17(11-15-7-5-4-6-8-15)14(2)24-13-20(26)16-9-10-19(25)18(12-16)21(23)27;/h4-10,12,14,17,20,24-26H,3,11,13H2,1-2H3,(H2,23,27);1H. The first-order valence-corrected chi connectivity index (χ1v) is 9.58. The van der Waals surface area contributed by atoms with E-state index in [1.165, 1.54) is 18.2 Å². The molecular weight excluding hydrogens is 408 g/mol. The van der Waals surface area contributed by atoms with E-state index in [9.17, 15) is 19.8 Å². The van der Waals surface area contributed by atoms with Gasteiger partial charge in [0.1, 0.15) is 5.75 Å². The third-order valence-corrected chi connectivity index (χ3v) is 4.80. The van der Waals surface area contributed by atoms with Crippen LogP contribution in [0.1, 0.15) is 41.4 Å². The average Bonchev–Trinajstić information content (AvgIpc) is 2.71. The molecule has 7 nitrogen and oxygen atoms in total. The molecule has 2 aromatic rings. The predicted molar refractivity (Wildman–Crippen MR) is 117 cm³/mol. The SMILES string of the molecule is CCOC(=O)C(Cc1ccccc1)C(C)NCC(O)c1ccc(O)c(C(N)=O)c1.Cl. The van der Waals surface area contributed by atoms with Gasteiger partial charge in [0.25, 0.3) is 5.91 Å². The van der Waals surface area contributed by atoms with Gasteiger partial charge in [0.2, 0.25) is 0 Å². The van der Waals surface area contributed by atoms with E-state index >= 15 is 0 Å². The minimum Gasteiger partial charge on any atom is -0.507 e. The van der Waals surface area contributed by atoms with Crippen molar-refractivity contribution >= 4 is 24.3 Å². The Bertz CT molecular complexity index is 832. The van der Waals surface area contributed by atoms with Gasteiger partial charge in [0, 0.05) is 12.6 Å². The maximum absolute atomic E-state index is 12.5. The first-order valence-electron chi connectivity index (χ1n) is 9.58. The van der Waals surface area contributed by atoms with Crippen molar-refractivity contribution in [1.82, 2.24) is 5.32 Å². The first kappa shape index (κ1) is 25.4. The highest BCUT2D eigenvalue weighted by Crippen LogP contribution is 2.22. The molecule has 3 unspecified atom stereocenters. The molecule has 0 bridgehead atoms. The summed E-state index contributed by atoms with van der Waals surface area (Å²) >= 11 is 0. The number of esters is 1. The number of benzene rings is 2. The lowest BCUT2D eigenvalue weighted by molar-refractivity contribution is -0.149. The number of aliphatic hydroxyl groups excluding tert-OH is 1.